The van der Waals surface area contributed by atoms with Gasteiger partial charge in [0.15, 0.2) is 6.61 Å². The molecule has 6 heteroatoms. The van der Waals surface area contributed by atoms with Gasteiger partial charge in [-0.05, 0) is 35.4 Å². The SMILES string of the molecule is O=C(CO/N=C\c1ccccc1O)N(Cc1ccccc1)[C@@H](Cc1ccccc1)c1ccco1. The van der Waals surface area contributed by atoms with Gasteiger partial charge in [0.25, 0.3) is 5.91 Å². The molecule has 1 aromatic heterocycles. The number of nitrogens with zero attached hydrogens (tertiary/aromatic N) is 2. The average Bonchev–Trinajstić information content (AvgIpc) is 3.41. The Labute approximate surface area is 198 Å². The highest BCUT2D eigenvalue weighted by atomic mass is 16.6. The van der Waals surface area contributed by atoms with Gasteiger partial charge in [-0.15, -0.1) is 0 Å². The van der Waals surface area contributed by atoms with Crippen LogP contribution in [0.5, 0.6) is 5.75 Å². The van der Waals surface area contributed by atoms with Crippen molar-refractivity contribution >= 4 is 12.1 Å². The van der Waals surface area contributed by atoms with Crippen molar-refractivity contribution in [1.29, 1.82) is 0 Å². The minimum Gasteiger partial charge on any atom is -0.507 e. The van der Waals surface area contributed by atoms with Gasteiger partial charge < -0.3 is 19.3 Å². The molecule has 0 aliphatic carbocycles. The third kappa shape index (κ3) is 6.13. The number of benzene rings is 3. The van der Waals surface area contributed by atoms with E-state index in [2.05, 4.69) is 5.16 Å². The summed E-state index contributed by atoms with van der Waals surface area (Å²) in [5.41, 5.74) is 2.60. The van der Waals surface area contributed by atoms with Gasteiger partial charge in [-0.1, -0.05) is 78.0 Å². The number of aromatic hydroxyl groups is 1. The predicted octanol–water partition coefficient (Wildman–Crippen LogP) is 5.35. The number of rotatable bonds is 10. The number of carbonyl (C=O) groups excluding carboxylic acids is 1. The molecular formula is C28H26N2O4. The van der Waals surface area contributed by atoms with Gasteiger partial charge in [0, 0.05) is 18.5 Å². The fourth-order valence-corrected chi connectivity index (χ4v) is 3.70. The molecule has 1 N–H and O–H groups in total. The third-order valence-corrected chi connectivity index (χ3v) is 5.43. The maximum absolute atomic E-state index is 13.4. The number of carbonyl (C=O) groups is 1. The zero-order chi connectivity index (χ0) is 23.6. The van der Waals surface area contributed by atoms with Gasteiger partial charge in [0.05, 0.1) is 18.5 Å². The standard InChI is InChI=1S/C28H26N2O4/c31-26-15-8-7-14-24(26)19-29-34-21-28(32)30(20-23-12-5-2-6-13-23)25(27-16-9-17-33-27)18-22-10-3-1-4-11-22/h1-17,19,25,31H,18,20-21H2/b29-19-/t25-/m0/s1. The molecule has 0 spiro atoms. The highest BCUT2D eigenvalue weighted by Crippen LogP contribution is 2.28. The van der Waals surface area contributed by atoms with E-state index in [0.717, 1.165) is 11.1 Å². The van der Waals surface area contributed by atoms with Crippen LogP contribution in [0.4, 0.5) is 0 Å². The zero-order valence-electron chi connectivity index (χ0n) is 18.7. The maximum Gasteiger partial charge on any atom is 0.264 e. The molecule has 4 aromatic rings. The molecule has 0 fully saturated rings. The molecule has 0 saturated carbocycles. The number of phenolic OH excluding ortho intramolecular Hbond substituents is 1. The Morgan fingerprint density at radius 1 is 0.912 bits per heavy atom. The molecule has 0 aliphatic rings. The lowest BCUT2D eigenvalue weighted by molar-refractivity contribution is -0.139. The summed E-state index contributed by atoms with van der Waals surface area (Å²) in [5.74, 6) is 0.564. The first-order valence-corrected chi connectivity index (χ1v) is 11.0. The van der Waals surface area contributed by atoms with Gasteiger partial charge in [-0.2, -0.15) is 0 Å². The van der Waals surface area contributed by atoms with Crippen LogP contribution in [0.15, 0.2) is 113 Å². The number of hydrogen-bond donors (Lipinski definition) is 1. The van der Waals surface area contributed by atoms with E-state index in [-0.39, 0.29) is 24.3 Å². The van der Waals surface area contributed by atoms with Gasteiger partial charge in [-0.3, -0.25) is 4.79 Å². The lowest BCUT2D eigenvalue weighted by Crippen LogP contribution is -2.37. The number of hydrogen-bond acceptors (Lipinski definition) is 5. The molecule has 1 amide bonds. The van der Waals surface area contributed by atoms with Gasteiger partial charge in [0.2, 0.25) is 0 Å². The summed E-state index contributed by atoms with van der Waals surface area (Å²) in [6.45, 7) is 0.146. The Hall–Kier alpha value is -4.32. The van der Waals surface area contributed by atoms with Crippen LogP contribution in [0.2, 0.25) is 0 Å². The van der Waals surface area contributed by atoms with E-state index in [1.54, 1.807) is 35.4 Å². The fraction of sp³-hybridized carbons (Fsp3) is 0.143. The molecule has 0 radical (unpaired) electrons. The monoisotopic (exact) mass is 454 g/mol. The van der Waals surface area contributed by atoms with Gasteiger partial charge in [0.1, 0.15) is 11.5 Å². The van der Waals surface area contributed by atoms with Crippen LogP contribution in [0.3, 0.4) is 0 Å². The van der Waals surface area contributed by atoms with Crippen molar-refractivity contribution in [2.45, 2.75) is 19.0 Å². The van der Waals surface area contributed by atoms with Crippen molar-refractivity contribution in [1.82, 2.24) is 4.90 Å². The first kappa shape index (κ1) is 22.9. The summed E-state index contributed by atoms with van der Waals surface area (Å²) in [7, 11) is 0. The normalized spacial score (nSPS) is 11.9. The van der Waals surface area contributed by atoms with Crippen molar-refractivity contribution in [3.63, 3.8) is 0 Å². The largest absolute Gasteiger partial charge is 0.507 e. The molecular weight excluding hydrogens is 428 g/mol. The van der Waals surface area contributed by atoms with E-state index >= 15 is 0 Å². The molecule has 1 atom stereocenters. The van der Waals surface area contributed by atoms with Crippen molar-refractivity contribution in [3.8, 4) is 5.75 Å². The van der Waals surface area contributed by atoms with E-state index in [9.17, 15) is 9.90 Å². The molecule has 3 aromatic carbocycles. The van der Waals surface area contributed by atoms with E-state index in [0.29, 0.717) is 24.3 Å². The molecule has 172 valence electrons. The minimum atomic E-state index is -0.323. The Bertz CT molecular complexity index is 1190. The molecule has 6 nitrogen and oxygen atoms in total. The van der Waals surface area contributed by atoms with Gasteiger partial charge in [-0.25, -0.2) is 0 Å². The first-order chi connectivity index (χ1) is 16.7. The average molecular weight is 455 g/mol. The smallest absolute Gasteiger partial charge is 0.264 e. The number of oxime groups is 1. The van der Waals surface area contributed by atoms with E-state index in [1.807, 2.05) is 72.8 Å². The minimum absolute atomic E-state index is 0.0904. The lowest BCUT2D eigenvalue weighted by Gasteiger charge is -2.30. The molecule has 0 bridgehead atoms. The molecule has 0 unspecified atom stereocenters. The van der Waals surface area contributed by atoms with Crippen LogP contribution in [0, 0.1) is 0 Å². The summed E-state index contributed by atoms with van der Waals surface area (Å²) in [5, 5.41) is 13.7. The summed E-state index contributed by atoms with van der Waals surface area (Å²) in [6, 6.07) is 30.0. The molecule has 0 saturated heterocycles. The first-order valence-electron chi connectivity index (χ1n) is 11.0. The van der Waals surface area contributed by atoms with E-state index in [1.165, 1.54) is 6.21 Å². The number of furan rings is 1. The quantitative estimate of drug-likeness (QED) is 0.259. The highest BCUT2D eigenvalue weighted by molar-refractivity contribution is 5.83. The topological polar surface area (TPSA) is 75.3 Å². The fourth-order valence-electron chi connectivity index (χ4n) is 3.70. The summed E-state index contributed by atoms with van der Waals surface area (Å²) in [4.78, 5) is 20.5. The van der Waals surface area contributed by atoms with Crippen LogP contribution in [-0.4, -0.2) is 28.7 Å². The second kappa shape index (κ2) is 11.5. The van der Waals surface area contributed by atoms with Crippen LogP contribution >= 0.6 is 0 Å². The second-order valence-electron chi connectivity index (χ2n) is 7.79. The van der Waals surface area contributed by atoms with Crippen molar-refractivity contribution < 1.29 is 19.2 Å². The summed E-state index contributed by atoms with van der Waals surface area (Å²) >= 11 is 0. The third-order valence-electron chi connectivity index (χ3n) is 5.43. The summed E-state index contributed by atoms with van der Waals surface area (Å²) in [6.07, 6.45) is 3.60. The van der Waals surface area contributed by atoms with E-state index < -0.39 is 0 Å². The zero-order valence-corrected chi connectivity index (χ0v) is 18.7. The summed E-state index contributed by atoms with van der Waals surface area (Å²) < 4.78 is 5.74. The predicted molar refractivity (Wildman–Crippen MR) is 130 cm³/mol. The Kier molecular flexibility index (Phi) is 7.74. The molecule has 0 aliphatic heterocycles. The lowest BCUT2D eigenvalue weighted by atomic mass is 10.0. The van der Waals surface area contributed by atoms with Crippen LogP contribution in [-0.2, 0) is 22.6 Å². The van der Waals surface area contributed by atoms with Crippen molar-refractivity contribution in [2.24, 2.45) is 5.16 Å². The molecule has 4 rings (SSSR count). The number of para-hydroxylation sites is 1. The Morgan fingerprint density at radius 2 is 1.59 bits per heavy atom. The maximum atomic E-state index is 13.4. The van der Waals surface area contributed by atoms with Gasteiger partial charge >= 0.3 is 0 Å². The van der Waals surface area contributed by atoms with Crippen molar-refractivity contribution in [3.05, 3.63) is 126 Å². The van der Waals surface area contributed by atoms with Crippen LogP contribution < -0.4 is 0 Å². The Morgan fingerprint density at radius 3 is 2.26 bits per heavy atom. The number of phenols is 1. The molecule has 34 heavy (non-hydrogen) atoms. The Balaban J connectivity index is 1.55. The molecule has 1 heterocycles. The van der Waals surface area contributed by atoms with E-state index in [4.69, 9.17) is 9.25 Å². The number of amides is 1. The van der Waals surface area contributed by atoms with Crippen LogP contribution in [0.1, 0.15) is 28.5 Å². The second-order valence-corrected chi connectivity index (χ2v) is 7.79. The highest BCUT2D eigenvalue weighted by Gasteiger charge is 2.28. The van der Waals surface area contributed by atoms with Crippen LogP contribution in [0.25, 0.3) is 0 Å². The van der Waals surface area contributed by atoms with Crippen molar-refractivity contribution in [2.75, 3.05) is 6.61 Å².